The second-order valence-corrected chi connectivity index (χ2v) is 4.40. The van der Waals surface area contributed by atoms with Gasteiger partial charge in [-0.25, -0.2) is 4.99 Å². The summed E-state index contributed by atoms with van der Waals surface area (Å²) in [6.45, 7) is 1.87. The Bertz CT molecular complexity index is 614. The van der Waals surface area contributed by atoms with Crippen LogP contribution in [0.2, 0.25) is 0 Å². The van der Waals surface area contributed by atoms with Crippen LogP contribution in [0.15, 0.2) is 65.5 Å². The highest BCUT2D eigenvalue weighted by Crippen LogP contribution is 2.22. The normalized spacial score (nSPS) is 14.0. The molecule has 1 rings (SSSR count). The first-order valence-electron chi connectivity index (χ1n) is 6.38. The number of hydrogen-bond donors (Lipinski definition) is 1. The van der Waals surface area contributed by atoms with Gasteiger partial charge in [-0.05, 0) is 42.8 Å². The molecule has 0 saturated carbocycles. The smallest absolute Gasteiger partial charge is 0.430 e. The summed E-state index contributed by atoms with van der Waals surface area (Å²) in [6, 6.07) is 7.10. The quantitative estimate of drug-likeness (QED) is 0.503. The average Bonchev–Trinajstić information content (AvgIpc) is 2.42. The molecular weight excluding hydrogens is 293 g/mol. The Hall–Kier alpha value is -2.50. The number of nitrogens with zero attached hydrogens (tertiary/aromatic N) is 1. The number of alkyl halides is 3. The first-order chi connectivity index (χ1) is 10.3. The molecule has 2 N–H and O–H groups in total. The van der Waals surface area contributed by atoms with Gasteiger partial charge in [0.05, 0.1) is 24.8 Å². The van der Waals surface area contributed by atoms with Gasteiger partial charge in [-0.3, -0.25) is 0 Å². The molecular formula is C16H17F3N2O. The van der Waals surface area contributed by atoms with E-state index < -0.39 is 11.9 Å². The molecule has 6 heteroatoms. The van der Waals surface area contributed by atoms with Crippen LogP contribution in [0, 0.1) is 6.92 Å². The summed E-state index contributed by atoms with van der Waals surface area (Å²) in [5, 5.41) is 0. The molecule has 118 valence electrons. The van der Waals surface area contributed by atoms with Crippen molar-refractivity contribution in [3.05, 3.63) is 66.1 Å². The summed E-state index contributed by atoms with van der Waals surface area (Å²) in [7, 11) is 1.47. The van der Waals surface area contributed by atoms with Crippen molar-refractivity contribution in [3.8, 4) is 0 Å². The van der Waals surface area contributed by atoms with Gasteiger partial charge in [-0.1, -0.05) is 18.2 Å². The van der Waals surface area contributed by atoms with Gasteiger partial charge < -0.3 is 10.5 Å². The fraction of sp³-hybridized carbons (Fsp3) is 0.188. The Kier molecular flexibility index (Phi) is 6.44. The fourth-order valence-electron chi connectivity index (χ4n) is 1.48. The minimum absolute atomic E-state index is 0.0844. The monoisotopic (exact) mass is 310 g/mol. The van der Waals surface area contributed by atoms with E-state index in [9.17, 15) is 13.2 Å². The Balaban J connectivity index is 3.16. The summed E-state index contributed by atoms with van der Waals surface area (Å²) in [6.07, 6.45) is 2.04. The van der Waals surface area contributed by atoms with Gasteiger partial charge in [0.1, 0.15) is 5.70 Å². The van der Waals surface area contributed by atoms with Gasteiger partial charge in [0, 0.05) is 0 Å². The van der Waals surface area contributed by atoms with Gasteiger partial charge in [0.15, 0.2) is 0 Å². The van der Waals surface area contributed by atoms with E-state index in [2.05, 4.69) is 4.99 Å². The average molecular weight is 310 g/mol. The number of aryl methyl sites for hydroxylation is 1. The van der Waals surface area contributed by atoms with Crippen molar-refractivity contribution in [2.24, 2.45) is 10.7 Å². The summed E-state index contributed by atoms with van der Waals surface area (Å²) >= 11 is 0. The highest BCUT2D eigenvalue weighted by Gasteiger charge is 2.31. The summed E-state index contributed by atoms with van der Waals surface area (Å²) in [5.41, 5.74) is 5.42. The molecule has 0 amide bonds. The van der Waals surface area contributed by atoms with E-state index in [4.69, 9.17) is 10.5 Å². The van der Waals surface area contributed by atoms with Crippen molar-refractivity contribution in [3.63, 3.8) is 0 Å². The topological polar surface area (TPSA) is 47.6 Å². The van der Waals surface area contributed by atoms with Crippen LogP contribution in [0.5, 0.6) is 0 Å². The van der Waals surface area contributed by atoms with Crippen LogP contribution in [0.25, 0.3) is 0 Å². The zero-order valence-corrected chi connectivity index (χ0v) is 12.3. The third-order valence-electron chi connectivity index (χ3n) is 2.48. The van der Waals surface area contributed by atoms with Gasteiger partial charge in [-0.15, -0.1) is 0 Å². The van der Waals surface area contributed by atoms with E-state index in [0.29, 0.717) is 5.69 Å². The molecule has 0 unspecified atom stereocenters. The van der Waals surface area contributed by atoms with Crippen LogP contribution < -0.4 is 5.73 Å². The van der Waals surface area contributed by atoms with E-state index in [0.717, 1.165) is 11.6 Å². The molecule has 0 heterocycles. The van der Waals surface area contributed by atoms with E-state index in [1.807, 2.05) is 13.0 Å². The molecule has 0 radical (unpaired) electrons. The lowest BCUT2D eigenvalue weighted by molar-refractivity contribution is -0.0925. The Morgan fingerprint density at radius 3 is 2.59 bits per heavy atom. The Morgan fingerprint density at radius 2 is 2.00 bits per heavy atom. The number of nitrogens with two attached hydrogens (primary N) is 1. The minimum Gasteiger partial charge on any atom is -0.504 e. The maximum Gasteiger partial charge on any atom is 0.430 e. The number of hydrogen-bond acceptors (Lipinski definition) is 3. The second kappa shape index (κ2) is 8.07. The van der Waals surface area contributed by atoms with Crippen molar-refractivity contribution in [2.75, 3.05) is 7.11 Å². The van der Waals surface area contributed by atoms with Crippen molar-refractivity contribution in [1.29, 1.82) is 0 Å². The van der Waals surface area contributed by atoms with Crippen LogP contribution in [-0.2, 0) is 4.74 Å². The van der Waals surface area contributed by atoms with E-state index >= 15 is 0 Å². The molecule has 22 heavy (non-hydrogen) atoms. The molecule has 0 aliphatic rings. The van der Waals surface area contributed by atoms with Crippen LogP contribution in [-0.4, -0.2) is 19.0 Å². The third kappa shape index (κ3) is 6.30. The zero-order valence-electron chi connectivity index (χ0n) is 12.3. The predicted octanol–water partition coefficient (Wildman–Crippen LogP) is 4.19. The van der Waals surface area contributed by atoms with Crippen LogP contribution in [0.3, 0.4) is 0 Å². The number of allylic oxidation sites excluding steroid dienone is 5. The lowest BCUT2D eigenvalue weighted by Crippen LogP contribution is -2.20. The number of ether oxygens (including phenoxy) is 1. The molecule has 0 spiro atoms. The zero-order chi connectivity index (χ0) is 16.6. The summed E-state index contributed by atoms with van der Waals surface area (Å²) in [4.78, 5) is 4.17. The molecule has 0 atom stereocenters. The largest absolute Gasteiger partial charge is 0.504 e. The van der Waals surface area contributed by atoms with Crippen molar-refractivity contribution >= 4 is 11.4 Å². The van der Waals surface area contributed by atoms with E-state index in [1.165, 1.54) is 31.6 Å². The molecule has 0 saturated heterocycles. The fourth-order valence-corrected chi connectivity index (χ4v) is 1.48. The lowest BCUT2D eigenvalue weighted by atomic mass is 10.2. The number of halogens is 3. The number of rotatable bonds is 5. The van der Waals surface area contributed by atoms with Crippen LogP contribution in [0.1, 0.15) is 5.56 Å². The van der Waals surface area contributed by atoms with E-state index in [-0.39, 0.29) is 5.71 Å². The Morgan fingerprint density at radius 1 is 1.27 bits per heavy atom. The molecule has 1 aromatic rings. The van der Waals surface area contributed by atoms with Gasteiger partial charge in [-0.2, -0.15) is 13.2 Å². The van der Waals surface area contributed by atoms with Gasteiger partial charge in [0.2, 0.25) is 0 Å². The lowest BCUT2D eigenvalue weighted by Gasteiger charge is -2.06. The Labute approximate surface area is 127 Å². The molecule has 0 aliphatic heterocycles. The number of methoxy groups -OCH3 is 1. The molecule has 3 nitrogen and oxygen atoms in total. The maximum atomic E-state index is 12.5. The summed E-state index contributed by atoms with van der Waals surface area (Å²) in [5.74, 6) is 0. The molecule has 0 aromatic heterocycles. The second-order valence-electron chi connectivity index (χ2n) is 4.40. The predicted molar refractivity (Wildman–Crippen MR) is 81.9 cm³/mol. The van der Waals surface area contributed by atoms with Gasteiger partial charge in [0.25, 0.3) is 0 Å². The first kappa shape index (κ1) is 17.6. The van der Waals surface area contributed by atoms with Crippen LogP contribution in [0.4, 0.5) is 18.9 Å². The molecule has 0 bridgehead atoms. The van der Waals surface area contributed by atoms with Crippen molar-refractivity contribution < 1.29 is 17.9 Å². The van der Waals surface area contributed by atoms with Crippen molar-refractivity contribution in [2.45, 2.75) is 13.1 Å². The molecule has 0 fully saturated rings. The highest BCUT2D eigenvalue weighted by atomic mass is 19.4. The molecule has 0 aliphatic carbocycles. The SMILES string of the molecule is CO/C=C\C=C\C(/C=C(\N)C(F)(F)F)=Nc1cccc(C)c1. The highest BCUT2D eigenvalue weighted by molar-refractivity contribution is 6.06. The minimum atomic E-state index is -4.59. The molecule has 1 aromatic carbocycles. The third-order valence-corrected chi connectivity index (χ3v) is 2.48. The first-order valence-corrected chi connectivity index (χ1v) is 6.38. The van der Waals surface area contributed by atoms with Gasteiger partial charge >= 0.3 is 6.18 Å². The standard InChI is InChI=1S/C16H17F3N2O/c1-12-6-5-8-13(10-12)21-14(7-3-4-9-22-2)11-15(20)16(17,18)19/h3-11H,20H2,1-2H3/b7-3+,9-4-,15-11-,21-14?. The van der Waals surface area contributed by atoms with Crippen molar-refractivity contribution in [1.82, 2.24) is 0 Å². The number of aliphatic imine (C=N–C) groups is 1. The maximum absolute atomic E-state index is 12.5. The number of benzene rings is 1. The summed E-state index contributed by atoms with van der Waals surface area (Å²) < 4.78 is 42.3. The van der Waals surface area contributed by atoms with Crippen LogP contribution >= 0.6 is 0 Å². The van der Waals surface area contributed by atoms with E-state index in [1.54, 1.807) is 18.2 Å².